The molecule has 0 atom stereocenters. The highest BCUT2D eigenvalue weighted by Gasteiger charge is 2.19. The fourth-order valence-electron chi connectivity index (χ4n) is 4.09. The van der Waals surface area contributed by atoms with E-state index in [4.69, 9.17) is 0 Å². The van der Waals surface area contributed by atoms with Crippen LogP contribution in [-0.2, 0) is 9.59 Å². The topological polar surface area (TPSA) is 61.4 Å². The number of nitrogens with zero attached hydrogens (tertiary/aromatic N) is 1. The summed E-state index contributed by atoms with van der Waals surface area (Å²) in [6, 6.07) is 7.78. The summed E-state index contributed by atoms with van der Waals surface area (Å²) >= 11 is 0. The highest BCUT2D eigenvalue weighted by molar-refractivity contribution is 6.39. The molecular weight excluding hydrogens is 362 g/mol. The van der Waals surface area contributed by atoms with Gasteiger partial charge in [-0.3, -0.25) is 9.59 Å². The first kappa shape index (κ1) is 23.2. The van der Waals surface area contributed by atoms with Gasteiger partial charge in [0, 0.05) is 30.5 Å². The van der Waals surface area contributed by atoms with Crippen molar-refractivity contribution in [3.8, 4) is 0 Å². The Hall–Kier alpha value is -2.04. The number of anilines is 2. The van der Waals surface area contributed by atoms with Gasteiger partial charge in [0.1, 0.15) is 0 Å². The van der Waals surface area contributed by atoms with Gasteiger partial charge >= 0.3 is 11.8 Å². The lowest BCUT2D eigenvalue weighted by Crippen LogP contribution is -2.41. The van der Waals surface area contributed by atoms with Crippen LogP contribution in [0.3, 0.4) is 0 Å². The second kappa shape index (κ2) is 13.2. The first-order chi connectivity index (χ1) is 14.1. The molecule has 1 aliphatic rings. The number of amides is 2. The molecule has 0 spiro atoms. The molecule has 1 saturated carbocycles. The van der Waals surface area contributed by atoms with Crippen molar-refractivity contribution in [1.29, 1.82) is 0 Å². The van der Waals surface area contributed by atoms with Crippen molar-refractivity contribution in [3.05, 3.63) is 24.3 Å². The van der Waals surface area contributed by atoms with Gasteiger partial charge in [-0.25, -0.2) is 0 Å². The normalized spacial score (nSPS) is 16.9. The zero-order chi connectivity index (χ0) is 20.9. The van der Waals surface area contributed by atoms with E-state index < -0.39 is 11.8 Å². The third kappa shape index (κ3) is 8.46. The maximum absolute atomic E-state index is 12.4. The van der Waals surface area contributed by atoms with Crippen LogP contribution in [0.1, 0.15) is 84.5 Å². The molecule has 2 rings (SSSR count). The van der Waals surface area contributed by atoms with Crippen molar-refractivity contribution in [3.63, 3.8) is 0 Å². The maximum Gasteiger partial charge on any atom is 0.313 e. The summed E-state index contributed by atoms with van der Waals surface area (Å²) in [6.45, 7) is 6.11. The molecule has 2 N–H and O–H groups in total. The Labute approximate surface area is 176 Å². The standard InChI is InChI=1S/C24H39N3O2/c1-3-27(4-2)22-18-16-21(17-19-22)26-24(29)23(28)25-20-14-12-10-8-6-5-7-9-11-13-15-20/h16-20H,3-15H2,1-2H3,(H,25,28)(H,26,29). The van der Waals surface area contributed by atoms with Gasteiger partial charge in [-0.05, 0) is 51.0 Å². The minimum atomic E-state index is -0.577. The Balaban J connectivity index is 1.85. The van der Waals surface area contributed by atoms with Crippen LogP contribution in [0, 0.1) is 0 Å². The number of benzene rings is 1. The largest absolute Gasteiger partial charge is 0.372 e. The van der Waals surface area contributed by atoms with E-state index in [1.54, 1.807) is 0 Å². The number of hydrogen-bond acceptors (Lipinski definition) is 3. The first-order valence-corrected chi connectivity index (χ1v) is 11.6. The summed E-state index contributed by atoms with van der Waals surface area (Å²) in [5, 5.41) is 5.71. The molecule has 0 heterocycles. The van der Waals surface area contributed by atoms with Crippen molar-refractivity contribution in [2.24, 2.45) is 0 Å². The van der Waals surface area contributed by atoms with Crippen LogP contribution in [0.4, 0.5) is 11.4 Å². The van der Waals surface area contributed by atoms with E-state index in [0.717, 1.165) is 44.5 Å². The number of hydrogen-bond donors (Lipinski definition) is 2. The van der Waals surface area contributed by atoms with Crippen LogP contribution < -0.4 is 15.5 Å². The van der Waals surface area contributed by atoms with E-state index in [1.165, 1.54) is 44.9 Å². The summed E-state index contributed by atoms with van der Waals surface area (Å²) in [4.78, 5) is 27.0. The van der Waals surface area contributed by atoms with Gasteiger partial charge in [-0.15, -0.1) is 0 Å². The predicted octanol–water partition coefficient (Wildman–Crippen LogP) is 5.26. The van der Waals surface area contributed by atoms with Crippen LogP contribution in [0.15, 0.2) is 24.3 Å². The summed E-state index contributed by atoms with van der Waals surface area (Å²) in [5.74, 6) is -1.10. The zero-order valence-corrected chi connectivity index (χ0v) is 18.3. The lowest BCUT2D eigenvalue weighted by atomic mass is 9.98. The second-order valence-electron chi connectivity index (χ2n) is 8.10. The van der Waals surface area contributed by atoms with Crippen LogP contribution in [0.2, 0.25) is 0 Å². The quantitative estimate of drug-likeness (QED) is 0.662. The Morgan fingerprint density at radius 3 is 1.76 bits per heavy atom. The molecule has 5 nitrogen and oxygen atoms in total. The Morgan fingerprint density at radius 1 is 0.793 bits per heavy atom. The Morgan fingerprint density at radius 2 is 1.28 bits per heavy atom. The average molecular weight is 402 g/mol. The van der Waals surface area contributed by atoms with Gasteiger partial charge < -0.3 is 15.5 Å². The molecule has 0 radical (unpaired) electrons. The van der Waals surface area contributed by atoms with E-state index in [0.29, 0.717) is 5.69 Å². The van der Waals surface area contributed by atoms with Crippen molar-refractivity contribution in [2.75, 3.05) is 23.3 Å². The van der Waals surface area contributed by atoms with Gasteiger partial charge in [0.05, 0.1) is 0 Å². The molecule has 1 aromatic rings. The molecule has 29 heavy (non-hydrogen) atoms. The highest BCUT2D eigenvalue weighted by Crippen LogP contribution is 2.19. The predicted molar refractivity (Wildman–Crippen MR) is 121 cm³/mol. The monoisotopic (exact) mass is 401 g/mol. The molecule has 0 unspecified atom stereocenters. The van der Waals surface area contributed by atoms with E-state index in [9.17, 15) is 9.59 Å². The minimum Gasteiger partial charge on any atom is -0.372 e. The highest BCUT2D eigenvalue weighted by atomic mass is 16.2. The van der Waals surface area contributed by atoms with Crippen molar-refractivity contribution < 1.29 is 9.59 Å². The summed E-state index contributed by atoms with van der Waals surface area (Å²) in [7, 11) is 0. The lowest BCUT2D eigenvalue weighted by Gasteiger charge is -2.21. The van der Waals surface area contributed by atoms with Gasteiger partial charge in [-0.2, -0.15) is 0 Å². The molecule has 0 aliphatic heterocycles. The Kier molecular flexibility index (Phi) is 10.6. The fraction of sp³-hybridized carbons (Fsp3) is 0.667. The number of carbonyl (C=O) groups is 2. The van der Waals surface area contributed by atoms with Crippen LogP contribution in [-0.4, -0.2) is 30.9 Å². The van der Waals surface area contributed by atoms with E-state index in [-0.39, 0.29) is 6.04 Å². The molecule has 0 saturated heterocycles. The van der Waals surface area contributed by atoms with E-state index in [1.807, 2.05) is 24.3 Å². The summed E-state index contributed by atoms with van der Waals surface area (Å²) < 4.78 is 0. The number of carbonyl (C=O) groups excluding carboxylic acids is 2. The van der Waals surface area contributed by atoms with Gasteiger partial charge in [0.2, 0.25) is 0 Å². The Bertz CT molecular complexity index is 599. The van der Waals surface area contributed by atoms with Crippen LogP contribution in [0.25, 0.3) is 0 Å². The molecule has 0 bridgehead atoms. The molecule has 5 heteroatoms. The van der Waals surface area contributed by atoms with Crippen molar-refractivity contribution in [2.45, 2.75) is 90.5 Å². The average Bonchev–Trinajstić information content (AvgIpc) is 2.72. The molecule has 162 valence electrons. The molecular formula is C24H39N3O2. The van der Waals surface area contributed by atoms with Crippen LogP contribution >= 0.6 is 0 Å². The maximum atomic E-state index is 12.4. The van der Waals surface area contributed by atoms with Gasteiger partial charge in [0.15, 0.2) is 0 Å². The molecule has 0 aromatic heterocycles. The minimum absolute atomic E-state index is 0.109. The third-order valence-corrected chi connectivity index (χ3v) is 5.90. The van der Waals surface area contributed by atoms with Crippen molar-refractivity contribution >= 4 is 23.2 Å². The fourth-order valence-corrected chi connectivity index (χ4v) is 4.09. The second-order valence-corrected chi connectivity index (χ2v) is 8.10. The first-order valence-electron chi connectivity index (χ1n) is 11.6. The van der Waals surface area contributed by atoms with E-state index >= 15 is 0 Å². The number of nitrogens with one attached hydrogen (secondary N) is 2. The summed E-state index contributed by atoms with van der Waals surface area (Å²) in [5.41, 5.74) is 1.77. The number of rotatable bonds is 5. The lowest BCUT2D eigenvalue weighted by molar-refractivity contribution is -0.136. The van der Waals surface area contributed by atoms with Crippen LogP contribution in [0.5, 0.6) is 0 Å². The van der Waals surface area contributed by atoms with Gasteiger partial charge in [-0.1, -0.05) is 57.8 Å². The third-order valence-electron chi connectivity index (χ3n) is 5.90. The molecule has 1 aliphatic carbocycles. The molecule has 1 fully saturated rings. The summed E-state index contributed by atoms with van der Waals surface area (Å²) in [6.07, 6.45) is 13.2. The smallest absolute Gasteiger partial charge is 0.313 e. The zero-order valence-electron chi connectivity index (χ0n) is 18.3. The SMILES string of the molecule is CCN(CC)c1ccc(NC(=O)C(=O)NC2CCCCCCCCCCC2)cc1. The van der Waals surface area contributed by atoms with Crippen molar-refractivity contribution in [1.82, 2.24) is 5.32 Å². The molecule has 1 aromatic carbocycles. The molecule has 2 amide bonds. The van der Waals surface area contributed by atoms with Gasteiger partial charge in [0.25, 0.3) is 0 Å². The van der Waals surface area contributed by atoms with E-state index in [2.05, 4.69) is 29.4 Å².